The molecule has 10 heteroatoms. The van der Waals surface area contributed by atoms with Gasteiger partial charge in [0.15, 0.2) is 11.0 Å². The van der Waals surface area contributed by atoms with E-state index in [2.05, 4.69) is 20.8 Å². The molecule has 2 N–H and O–H groups in total. The number of ether oxygens (including phenoxy) is 1. The van der Waals surface area contributed by atoms with Crippen LogP contribution < -0.4 is 10.6 Å². The highest BCUT2D eigenvalue weighted by Crippen LogP contribution is 2.30. The zero-order valence-electron chi connectivity index (χ0n) is 18.1. The number of esters is 1. The predicted molar refractivity (Wildman–Crippen MR) is 122 cm³/mol. The molecule has 0 unspecified atom stereocenters. The normalized spacial score (nSPS) is 13.5. The smallest absolute Gasteiger partial charge is 0.337 e. The third-order valence-corrected chi connectivity index (χ3v) is 5.92. The van der Waals surface area contributed by atoms with E-state index in [1.54, 1.807) is 29.7 Å². The Labute approximate surface area is 194 Å². The number of benzene rings is 2. The first kappa shape index (κ1) is 22.5. The highest BCUT2D eigenvalue weighted by atomic mass is 32.2. The molecule has 2 aromatic carbocycles. The number of carbonyl (C=O) groups excluding carboxylic acids is 2. The summed E-state index contributed by atoms with van der Waals surface area (Å²) >= 11 is 1.27. The van der Waals surface area contributed by atoms with Gasteiger partial charge in [-0.1, -0.05) is 41.6 Å². The van der Waals surface area contributed by atoms with Gasteiger partial charge in [0.25, 0.3) is 0 Å². The van der Waals surface area contributed by atoms with Gasteiger partial charge in [-0.25, -0.2) is 14.0 Å². The highest BCUT2D eigenvalue weighted by molar-refractivity contribution is 7.99. The zero-order chi connectivity index (χ0) is 23.4. The first-order valence-corrected chi connectivity index (χ1v) is 11.3. The first-order chi connectivity index (χ1) is 16.0. The van der Waals surface area contributed by atoms with Gasteiger partial charge in [0.05, 0.1) is 24.3 Å². The number of aryl methyl sites for hydroxylation is 1. The molecule has 0 saturated carbocycles. The standard InChI is InChI=1S/C23H22FN5O3S/c1-3-32-21(30)17-12-25-22(31)26-19(17)13-33-23-28-27-20(16-6-4-5-7-18(16)24)29(23)15-10-8-14(2)9-11-15/h4-11H,3,12-13H2,1-2H3,(H2,25,26,31). The number of aromatic nitrogens is 3. The largest absolute Gasteiger partial charge is 0.463 e. The number of amides is 2. The number of hydrogen-bond acceptors (Lipinski definition) is 6. The van der Waals surface area contributed by atoms with Crippen LogP contribution in [0.25, 0.3) is 17.1 Å². The van der Waals surface area contributed by atoms with Crippen molar-refractivity contribution in [3.8, 4) is 17.1 Å². The van der Waals surface area contributed by atoms with Crippen molar-refractivity contribution in [2.45, 2.75) is 19.0 Å². The SMILES string of the molecule is CCOC(=O)C1=C(CSc2nnc(-c3ccccc3F)n2-c2ccc(C)cc2)NC(=O)NC1. The van der Waals surface area contributed by atoms with E-state index >= 15 is 0 Å². The topological polar surface area (TPSA) is 98.1 Å². The van der Waals surface area contributed by atoms with E-state index in [9.17, 15) is 14.0 Å². The van der Waals surface area contributed by atoms with Crippen LogP contribution in [0.4, 0.5) is 9.18 Å². The van der Waals surface area contributed by atoms with Gasteiger partial charge >= 0.3 is 12.0 Å². The molecule has 4 rings (SSSR count). The number of thioether (sulfide) groups is 1. The third kappa shape index (κ3) is 4.90. The van der Waals surface area contributed by atoms with Crippen LogP contribution in [-0.4, -0.2) is 45.7 Å². The lowest BCUT2D eigenvalue weighted by Gasteiger charge is -2.21. The molecule has 0 bridgehead atoms. The number of nitrogens with one attached hydrogen (secondary N) is 2. The Morgan fingerprint density at radius 2 is 1.94 bits per heavy atom. The summed E-state index contributed by atoms with van der Waals surface area (Å²) in [5.41, 5.74) is 2.95. The number of halogens is 1. The molecule has 0 fully saturated rings. The van der Waals surface area contributed by atoms with Crippen molar-refractivity contribution in [2.75, 3.05) is 18.9 Å². The van der Waals surface area contributed by atoms with Crippen LogP contribution in [0.1, 0.15) is 12.5 Å². The van der Waals surface area contributed by atoms with Crippen LogP contribution in [0.5, 0.6) is 0 Å². The summed E-state index contributed by atoms with van der Waals surface area (Å²) in [5, 5.41) is 14.3. The van der Waals surface area contributed by atoms with E-state index in [-0.39, 0.29) is 18.9 Å². The van der Waals surface area contributed by atoms with Crippen molar-refractivity contribution in [3.63, 3.8) is 0 Å². The molecule has 3 aromatic rings. The summed E-state index contributed by atoms with van der Waals surface area (Å²) in [5.74, 6) is -0.309. The monoisotopic (exact) mass is 467 g/mol. The molecule has 2 amide bonds. The Morgan fingerprint density at radius 3 is 2.67 bits per heavy atom. The molecular formula is C23H22FN5O3S. The lowest BCUT2D eigenvalue weighted by atomic mass is 10.2. The fraction of sp³-hybridized carbons (Fsp3) is 0.217. The van der Waals surface area contributed by atoms with Crippen molar-refractivity contribution in [1.82, 2.24) is 25.4 Å². The Morgan fingerprint density at radius 1 is 1.18 bits per heavy atom. The lowest BCUT2D eigenvalue weighted by Crippen LogP contribution is -2.44. The average Bonchev–Trinajstić information content (AvgIpc) is 3.22. The molecular weight excluding hydrogens is 445 g/mol. The molecule has 170 valence electrons. The van der Waals surface area contributed by atoms with Crippen molar-refractivity contribution in [2.24, 2.45) is 0 Å². The van der Waals surface area contributed by atoms with Gasteiger partial charge in [0.2, 0.25) is 0 Å². The Balaban J connectivity index is 1.72. The van der Waals surface area contributed by atoms with Crippen LogP contribution in [-0.2, 0) is 9.53 Å². The lowest BCUT2D eigenvalue weighted by molar-refractivity contribution is -0.138. The number of urea groups is 1. The maximum Gasteiger partial charge on any atom is 0.337 e. The summed E-state index contributed by atoms with van der Waals surface area (Å²) in [7, 11) is 0. The van der Waals surface area contributed by atoms with Crippen LogP contribution in [0, 0.1) is 12.7 Å². The average molecular weight is 468 g/mol. The van der Waals surface area contributed by atoms with Gasteiger partial charge in [-0.05, 0) is 38.1 Å². The molecule has 1 aromatic heterocycles. The summed E-state index contributed by atoms with van der Waals surface area (Å²) < 4.78 is 21.4. The van der Waals surface area contributed by atoms with Crippen molar-refractivity contribution in [1.29, 1.82) is 0 Å². The van der Waals surface area contributed by atoms with E-state index in [1.807, 2.05) is 31.2 Å². The van der Waals surface area contributed by atoms with Gasteiger partial charge in [0.1, 0.15) is 5.82 Å². The van der Waals surface area contributed by atoms with E-state index in [0.717, 1.165) is 11.3 Å². The van der Waals surface area contributed by atoms with Gasteiger partial charge in [-0.2, -0.15) is 0 Å². The fourth-order valence-corrected chi connectivity index (χ4v) is 4.25. The van der Waals surface area contributed by atoms with Crippen LogP contribution >= 0.6 is 11.8 Å². The van der Waals surface area contributed by atoms with E-state index in [0.29, 0.717) is 27.8 Å². The van der Waals surface area contributed by atoms with Gasteiger partial charge in [-0.15, -0.1) is 10.2 Å². The minimum absolute atomic E-state index is 0.0751. The molecule has 1 aliphatic heterocycles. The second kappa shape index (κ2) is 9.86. The molecule has 0 atom stereocenters. The summed E-state index contributed by atoms with van der Waals surface area (Å²) in [6, 6.07) is 13.7. The maximum absolute atomic E-state index is 14.6. The molecule has 2 heterocycles. The third-order valence-electron chi connectivity index (χ3n) is 4.96. The maximum atomic E-state index is 14.6. The number of carbonyl (C=O) groups is 2. The Kier molecular flexibility index (Phi) is 6.74. The highest BCUT2D eigenvalue weighted by Gasteiger charge is 2.25. The minimum atomic E-state index is -0.493. The molecule has 33 heavy (non-hydrogen) atoms. The summed E-state index contributed by atoms with van der Waals surface area (Å²) in [6.07, 6.45) is 0. The summed E-state index contributed by atoms with van der Waals surface area (Å²) in [6.45, 7) is 4.00. The summed E-state index contributed by atoms with van der Waals surface area (Å²) in [4.78, 5) is 24.2. The van der Waals surface area contributed by atoms with Gasteiger partial charge < -0.3 is 15.4 Å². The fourth-order valence-electron chi connectivity index (χ4n) is 3.31. The molecule has 8 nitrogen and oxygen atoms in total. The van der Waals surface area contributed by atoms with Crippen LogP contribution in [0.3, 0.4) is 0 Å². The minimum Gasteiger partial charge on any atom is -0.463 e. The predicted octanol–water partition coefficient (Wildman–Crippen LogP) is 3.60. The van der Waals surface area contributed by atoms with Gasteiger partial charge in [-0.3, -0.25) is 4.57 Å². The van der Waals surface area contributed by atoms with Crippen LogP contribution in [0.15, 0.2) is 65.0 Å². The molecule has 0 spiro atoms. The Hall–Kier alpha value is -3.66. The first-order valence-electron chi connectivity index (χ1n) is 10.3. The van der Waals surface area contributed by atoms with Gasteiger partial charge in [0, 0.05) is 17.1 Å². The molecule has 1 aliphatic rings. The number of rotatable bonds is 7. The molecule has 0 radical (unpaired) electrons. The van der Waals surface area contributed by atoms with Crippen molar-refractivity contribution >= 4 is 23.8 Å². The van der Waals surface area contributed by atoms with E-state index in [1.165, 1.54) is 17.8 Å². The van der Waals surface area contributed by atoms with Crippen molar-refractivity contribution in [3.05, 3.63) is 71.2 Å². The van der Waals surface area contributed by atoms with Crippen molar-refractivity contribution < 1.29 is 18.7 Å². The van der Waals surface area contributed by atoms with E-state index in [4.69, 9.17) is 4.74 Å². The quantitative estimate of drug-likeness (QED) is 0.407. The van der Waals surface area contributed by atoms with Crippen LogP contribution in [0.2, 0.25) is 0 Å². The molecule has 0 saturated heterocycles. The van der Waals surface area contributed by atoms with E-state index < -0.39 is 17.8 Å². The zero-order valence-corrected chi connectivity index (χ0v) is 18.9. The molecule has 0 aliphatic carbocycles. The Bertz CT molecular complexity index is 1220. The number of hydrogen-bond donors (Lipinski definition) is 2. The second-order valence-electron chi connectivity index (χ2n) is 7.23. The number of nitrogens with zero attached hydrogens (tertiary/aromatic N) is 3. The second-order valence-corrected chi connectivity index (χ2v) is 8.17.